The predicted molar refractivity (Wildman–Crippen MR) is 321 cm³/mol. The minimum absolute atomic E-state index is 0.0539. The van der Waals surface area contributed by atoms with E-state index >= 15 is 0 Å². The van der Waals surface area contributed by atoms with Gasteiger partial charge in [0.15, 0.2) is 0 Å². The lowest BCUT2D eigenvalue weighted by molar-refractivity contribution is 0.444. The Hall–Kier alpha value is -6.59. The van der Waals surface area contributed by atoms with Crippen molar-refractivity contribution in [2.45, 2.75) is 159 Å². The summed E-state index contributed by atoms with van der Waals surface area (Å²) in [4.78, 5) is 10.3. The van der Waals surface area contributed by atoms with Gasteiger partial charge < -0.3 is 14.5 Å². The van der Waals surface area contributed by atoms with Gasteiger partial charge in [0.2, 0.25) is 0 Å². The molecule has 0 fully saturated rings. The fourth-order valence-corrected chi connectivity index (χ4v) is 11.2. The molecule has 0 spiro atoms. The summed E-state index contributed by atoms with van der Waals surface area (Å²) in [6, 6.07) is 54.1. The molecular weight excluding hydrogens is 913 g/mol. The van der Waals surface area contributed by atoms with Crippen LogP contribution in [0.15, 0.2) is 163 Å². The summed E-state index contributed by atoms with van der Waals surface area (Å²) in [6.07, 6.45) is 1.96. The SMILES string of the molecule is CC(C)(C)C1=C(C(C)(C)C)N(c2cc(C(C)(C)C)cc(C(C)(C)c3ccccc3)c2)CN1c1cc(Oc2ccc3c4ccc(C(C)(C)c5ccccc5)cc4n(-c4cc(C(C)(C)C)ccn4)c3c2)cc(C(C)(C)C)c1. The van der Waals surface area contributed by atoms with Gasteiger partial charge in [-0.15, -0.1) is 0 Å². The van der Waals surface area contributed by atoms with Gasteiger partial charge in [0.25, 0.3) is 0 Å². The molecule has 0 saturated heterocycles. The lowest BCUT2D eigenvalue weighted by atomic mass is 9.75. The Morgan fingerprint density at radius 1 is 0.360 bits per heavy atom. The van der Waals surface area contributed by atoms with Crippen molar-refractivity contribution in [1.29, 1.82) is 0 Å². The van der Waals surface area contributed by atoms with Crippen LogP contribution in [0.25, 0.3) is 27.6 Å². The van der Waals surface area contributed by atoms with Crippen molar-refractivity contribution in [2.24, 2.45) is 10.8 Å². The number of anilines is 2. The third-order valence-electron chi connectivity index (χ3n) is 15.9. The Morgan fingerprint density at radius 2 is 0.827 bits per heavy atom. The first-order valence-corrected chi connectivity index (χ1v) is 27.3. The summed E-state index contributed by atoms with van der Waals surface area (Å²) >= 11 is 0. The highest BCUT2D eigenvalue weighted by Crippen LogP contribution is 2.50. The molecule has 6 aromatic carbocycles. The highest BCUT2D eigenvalue weighted by atomic mass is 16.5. The van der Waals surface area contributed by atoms with E-state index < -0.39 is 0 Å². The third-order valence-corrected chi connectivity index (χ3v) is 15.9. The predicted octanol–water partition coefficient (Wildman–Crippen LogP) is 19.1. The number of fused-ring (bicyclic) bond motifs is 3. The molecule has 0 saturated carbocycles. The van der Waals surface area contributed by atoms with Crippen LogP contribution in [-0.2, 0) is 27.1 Å². The van der Waals surface area contributed by atoms with Gasteiger partial charge in [-0.1, -0.05) is 210 Å². The number of allylic oxidation sites excluding steroid dienone is 2. The zero-order valence-corrected chi connectivity index (χ0v) is 48.8. The number of aromatic nitrogens is 2. The van der Waals surface area contributed by atoms with E-state index in [0.29, 0.717) is 6.67 Å². The van der Waals surface area contributed by atoms with Crippen molar-refractivity contribution in [3.63, 3.8) is 0 Å². The fraction of sp³-hybridized carbons (Fsp3) is 0.386. The minimum Gasteiger partial charge on any atom is -0.457 e. The number of pyridine rings is 1. The van der Waals surface area contributed by atoms with Gasteiger partial charge in [-0.2, -0.15) is 0 Å². The molecule has 0 unspecified atom stereocenters. The minimum atomic E-state index is -0.220. The molecule has 1 aliphatic rings. The summed E-state index contributed by atoms with van der Waals surface area (Å²) in [6.45, 7) is 45.0. The van der Waals surface area contributed by atoms with Crippen molar-refractivity contribution < 1.29 is 4.74 Å². The average molecular weight is 997 g/mol. The van der Waals surface area contributed by atoms with Crippen molar-refractivity contribution in [3.05, 3.63) is 202 Å². The number of nitrogens with zero attached hydrogens (tertiary/aromatic N) is 4. The first-order chi connectivity index (χ1) is 34.8. The highest BCUT2D eigenvalue weighted by Gasteiger charge is 2.43. The second-order valence-corrected chi connectivity index (χ2v) is 27.7. The van der Waals surface area contributed by atoms with Crippen LogP contribution >= 0.6 is 0 Å². The van der Waals surface area contributed by atoms with Crippen molar-refractivity contribution in [3.8, 4) is 17.3 Å². The van der Waals surface area contributed by atoms with E-state index in [1.54, 1.807) is 0 Å². The van der Waals surface area contributed by atoms with Gasteiger partial charge in [-0.3, -0.25) is 4.57 Å². The normalized spacial score (nSPS) is 14.4. The molecule has 3 heterocycles. The Morgan fingerprint density at radius 3 is 1.35 bits per heavy atom. The van der Waals surface area contributed by atoms with Crippen LogP contribution in [0.4, 0.5) is 11.4 Å². The van der Waals surface area contributed by atoms with Gasteiger partial charge in [0, 0.05) is 73.5 Å². The Kier molecular flexibility index (Phi) is 13.2. The molecule has 0 radical (unpaired) electrons. The molecule has 0 amide bonds. The van der Waals surface area contributed by atoms with E-state index in [1.165, 1.54) is 61.4 Å². The van der Waals surface area contributed by atoms with E-state index in [4.69, 9.17) is 9.72 Å². The van der Waals surface area contributed by atoms with E-state index in [-0.39, 0.29) is 37.9 Å². The number of hydrogen-bond donors (Lipinski definition) is 0. The van der Waals surface area contributed by atoms with Gasteiger partial charge in [-0.25, -0.2) is 4.98 Å². The molecule has 0 N–H and O–H groups in total. The van der Waals surface area contributed by atoms with Crippen LogP contribution < -0.4 is 14.5 Å². The fourth-order valence-electron chi connectivity index (χ4n) is 11.2. The maximum absolute atomic E-state index is 7.21. The molecular formula is C70H84N4O. The van der Waals surface area contributed by atoms with Crippen LogP contribution in [0.2, 0.25) is 0 Å². The van der Waals surface area contributed by atoms with E-state index in [9.17, 15) is 0 Å². The molecule has 8 aromatic rings. The Labute approximate surface area is 450 Å². The van der Waals surface area contributed by atoms with Gasteiger partial charge in [0.05, 0.1) is 17.7 Å². The molecule has 1 aliphatic heterocycles. The molecule has 5 heteroatoms. The Bertz CT molecular complexity index is 3440. The zero-order chi connectivity index (χ0) is 54.4. The number of ether oxygens (including phenoxy) is 1. The molecule has 0 atom stereocenters. The van der Waals surface area contributed by atoms with Crippen molar-refractivity contribution >= 4 is 33.2 Å². The standard InChI is InChI=1S/C70H84N4O/c1-64(2,3)48-34-35-71-61(42-48)74-59-41-49(69(16,17)46-26-22-20-23-27-46)30-32-57(59)58-33-31-55(44-60(58)74)75-56-40-51(66(7,8)9)38-54(43-56)73-45-72(62(67(10,11)12)63(73)68(13,14)15)53-37-50(65(4,5)6)36-52(39-53)70(18,19)47-28-24-21-25-29-47/h20-44H,45H2,1-19H3. The summed E-state index contributed by atoms with van der Waals surface area (Å²) in [5.74, 6) is 2.48. The quantitative estimate of drug-likeness (QED) is 0.144. The Balaban J connectivity index is 1.20. The lowest BCUT2D eigenvalue weighted by Crippen LogP contribution is -2.32. The van der Waals surface area contributed by atoms with E-state index in [1.807, 2.05) is 6.20 Å². The maximum atomic E-state index is 7.21. The molecule has 0 aliphatic carbocycles. The first kappa shape index (κ1) is 53.2. The second-order valence-electron chi connectivity index (χ2n) is 27.7. The molecule has 2 aromatic heterocycles. The summed E-state index contributed by atoms with van der Waals surface area (Å²) < 4.78 is 9.56. The lowest BCUT2D eigenvalue weighted by Gasteiger charge is -2.35. The summed E-state index contributed by atoms with van der Waals surface area (Å²) in [7, 11) is 0. The highest BCUT2D eigenvalue weighted by molar-refractivity contribution is 6.09. The van der Waals surface area contributed by atoms with Gasteiger partial charge in [-0.05, 0) is 110 Å². The smallest absolute Gasteiger partial charge is 0.137 e. The molecule has 5 nitrogen and oxygen atoms in total. The summed E-state index contributed by atoms with van der Waals surface area (Å²) in [5, 5.41) is 2.34. The maximum Gasteiger partial charge on any atom is 0.137 e. The second kappa shape index (κ2) is 18.6. The van der Waals surface area contributed by atoms with Crippen molar-refractivity contribution in [2.75, 3.05) is 16.5 Å². The third kappa shape index (κ3) is 10.3. The first-order valence-electron chi connectivity index (χ1n) is 27.3. The van der Waals surface area contributed by atoms with Crippen LogP contribution in [0.5, 0.6) is 11.5 Å². The number of benzene rings is 6. The molecule has 9 rings (SSSR count). The summed E-state index contributed by atoms with van der Waals surface area (Å²) in [5.41, 5.74) is 15.0. The van der Waals surface area contributed by atoms with E-state index in [2.05, 4.69) is 292 Å². The molecule has 75 heavy (non-hydrogen) atoms. The van der Waals surface area contributed by atoms with Crippen LogP contribution in [0.3, 0.4) is 0 Å². The average Bonchev–Trinajstić information content (AvgIpc) is 3.92. The van der Waals surface area contributed by atoms with E-state index in [0.717, 1.165) is 39.4 Å². The molecule has 390 valence electrons. The van der Waals surface area contributed by atoms with Crippen molar-refractivity contribution in [1.82, 2.24) is 9.55 Å². The monoisotopic (exact) mass is 997 g/mol. The number of hydrogen-bond acceptors (Lipinski definition) is 4. The zero-order valence-electron chi connectivity index (χ0n) is 48.8. The van der Waals surface area contributed by atoms with Crippen LogP contribution in [0, 0.1) is 10.8 Å². The largest absolute Gasteiger partial charge is 0.457 e. The van der Waals surface area contributed by atoms with Crippen LogP contribution in [0.1, 0.15) is 170 Å². The van der Waals surface area contributed by atoms with Crippen LogP contribution in [-0.4, -0.2) is 16.2 Å². The van der Waals surface area contributed by atoms with Gasteiger partial charge >= 0.3 is 0 Å². The number of rotatable bonds is 9. The topological polar surface area (TPSA) is 33.5 Å². The molecule has 0 bridgehead atoms. The van der Waals surface area contributed by atoms with Gasteiger partial charge in [0.1, 0.15) is 17.3 Å².